The van der Waals surface area contributed by atoms with Crippen LogP contribution in [0.3, 0.4) is 0 Å². The Morgan fingerprint density at radius 3 is 1.22 bits per heavy atom. The molecule has 0 aliphatic rings. The van der Waals surface area contributed by atoms with Crippen LogP contribution in [0.5, 0.6) is 0 Å². The minimum absolute atomic E-state index is 0.651. The van der Waals surface area contributed by atoms with Gasteiger partial charge in [0.05, 0.1) is 0 Å². The van der Waals surface area contributed by atoms with E-state index >= 15 is 0 Å². The van der Waals surface area contributed by atoms with Crippen molar-refractivity contribution in [3.63, 3.8) is 0 Å². The third kappa shape index (κ3) is 5.02. The average Bonchev–Trinajstić information content (AvgIpc) is 3.15. The van der Waals surface area contributed by atoms with Gasteiger partial charge < -0.3 is 0 Å². The molecule has 46 heavy (non-hydrogen) atoms. The summed E-state index contributed by atoms with van der Waals surface area (Å²) >= 11 is 0. The topological polar surface area (TPSA) is 38.7 Å². The molecule has 0 amide bonds. The van der Waals surface area contributed by atoms with Crippen LogP contribution in [-0.4, -0.2) is 15.0 Å². The summed E-state index contributed by atoms with van der Waals surface area (Å²) in [6.07, 6.45) is 1.03. The number of aromatic nitrogens is 3. The zero-order chi connectivity index (χ0) is 30.9. The summed E-state index contributed by atoms with van der Waals surface area (Å²) in [5.41, 5.74) is 8.89. The molecule has 0 saturated heterocycles. The smallest absolute Gasteiger partial charge is 0.165 e. The van der Waals surface area contributed by atoms with Crippen LogP contribution in [0.15, 0.2) is 158 Å². The van der Waals surface area contributed by atoms with Crippen molar-refractivity contribution in [1.29, 1.82) is 0 Å². The normalized spacial score (nSPS) is 11.2. The van der Waals surface area contributed by atoms with Crippen molar-refractivity contribution in [2.75, 3.05) is 0 Å². The van der Waals surface area contributed by atoms with E-state index in [1.165, 1.54) is 32.8 Å². The van der Waals surface area contributed by atoms with Crippen LogP contribution in [0.4, 0.5) is 0 Å². The molecule has 0 saturated carbocycles. The summed E-state index contributed by atoms with van der Waals surface area (Å²) in [4.78, 5) is 15.4. The number of benzene rings is 7. The zero-order valence-corrected chi connectivity index (χ0v) is 25.6. The molecule has 8 rings (SSSR count). The van der Waals surface area contributed by atoms with Gasteiger partial charge in [0.2, 0.25) is 0 Å². The fraction of sp³-hybridized carbons (Fsp3) is 0.0465. The minimum atomic E-state index is 0.651. The van der Waals surface area contributed by atoms with Crippen LogP contribution in [0, 0.1) is 0 Å². The van der Waals surface area contributed by atoms with E-state index in [9.17, 15) is 0 Å². The van der Waals surface area contributed by atoms with Gasteiger partial charge in [0, 0.05) is 22.3 Å². The van der Waals surface area contributed by atoms with Crippen LogP contribution >= 0.6 is 0 Å². The Morgan fingerprint density at radius 2 is 0.717 bits per heavy atom. The van der Waals surface area contributed by atoms with Crippen molar-refractivity contribution >= 4 is 21.5 Å². The maximum absolute atomic E-state index is 5.20. The quantitative estimate of drug-likeness (QED) is 0.181. The fourth-order valence-electron chi connectivity index (χ4n) is 6.36. The number of aryl methyl sites for hydroxylation is 1. The molecule has 3 nitrogen and oxygen atoms in total. The maximum atomic E-state index is 5.20. The predicted octanol–water partition coefficient (Wildman–Crippen LogP) is 11.1. The second-order valence-corrected chi connectivity index (χ2v) is 11.5. The monoisotopic (exact) mass is 589 g/mol. The number of rotatable bonds is 6. The zero-order valence-electron chi connectivity index (χ0n) is 25.6. The third-order valence-electron chi connectivity index (χ3n) is 8.73. The molecule has 0 unspecified atom stereocenters. The highest BCUT2D eigenvalue weighted by atomic mass is 15.0. The first-order valence-electron chi connectivity index (χ1n) is 15.8. The fourth-order valence-corrected chi connectivity index (χ4v) is 6.36. The molecule has 3 heteroatoms. The van der Waals surface area contributed by atoms with Gasteiger partial charge in [0.15, 0.2) is 17.5 Å². The molecule has 218 valence electrons. The highest BCUT2D eigenvalue weighted by Crippen LogP contribution is 2.44. The van der Waals surface area contributed by atoms with Gasteiger partial charge in [-0.1, -0.05) is 165 Å². The lowest BCUT2D eigenvalue weighted by molar-refractivity contribution is 1.08. The van der Waals surface area contributed by atoms with E-state index in [-0.39, 0.29) is 0 Å². The first-order valence-corrected chi connectivity index (χ1v) is 15.8. The molecule has 0 bridgehead atoms. The van der Waals surface area contributed by atoms with Crippen LogP contribution in [-0.2, 0) is 6.42 Å². The molecular formula is C43H31N3. The first-order chi connectivity index (χ1) is 22.8. The van der Waals surface area contributed by atoms with E-state index in [1.54, 1.807) is 0 Å². The summed E-state index contributed by atoms with van der Waals surface area (Å²) in [6.45, 7) is 2.19. The van der Waals surface area contributed by atoms with E-state index in [1.807, 2.05) is 36.4 Å². The molecule has 0 aliphatic heterocycles. The summed E-state index contributed by atoms with van der Waals surface area (Å²) in [5.74, 6) is 1.96. The van der Waals surface area contributed by atoms with Gasteiger partial charge in [-0.2, -0.15) is 0 Å². The van der Waals surface area contributed by atoms with Gasteiger partial charge in [-0.05, 0) is 50.2 Å². The van der Waals surface area contributed by atoms with Crippen LogP contribution in [0.25, 0.3) is 78.0 Å². The minimum Gasteiger partial charge on any atom is -0.208 e. The lowest BCUT2D eigenvalue weighted by Gasteiger charge is -2.18. The highest BCUT2D eigenvalue weighted by Gasteiger charge is 2.21. The number of fused-ring (bicyclic) bond motifs is 3. The van der Waals surface area contributed by atoms with E-state index in [2.05, 4.69) is 128 Å². The molecule has 7 aromatic carbocycles. The molecule has 0 fully saturated rings. The Bertz CT molecular complexity index is 2250. The van der Waals surface area contributed by atoms with Gasteiger partial charge in [0.25, 0.3) is 0 Å². The van der Waals surface area contributed by atoms with E-state index < -0.39 is 0 Å². The van der Waals surface area contributed by atoms with Crippen LogP contribution in [0.1, 0.15) is 12.5 Å². The van der Waals surface area contributed by atoms with E-state index in [0.29, 0.717) is 17.5 Å². The summed E-state index contributed by atoms with van der Waals surface area (Å²) in [6, 6.07) is 55.4. The van der Waals surface area contributed by atoms with Gasteiger partial charge in [-0.25, -0.2) is 15.0 Å². The Hall–Kier alpha value is -5.93. The van der Waals surface area contributed by atoms with Crippen molar-refractivity contribution < 1.29 is 0 Å². The molecule has 0 atom stereocenters. The van der Waals surface area contributed by atoms with Gasteiger partial charge in [-0.3, -0.25) is 0 Å². The predicted molar refractivity (Wildman–Crippen MR) is 191 cm³/mol. The lowest BCUT2D eigenvalue weighted by Crippen LogP contribution is -2.02. The van der Waals surface area contributed by atoms with Crippen molar-refractivity contribution in [3.05, 3.63) is 163 Å². The van der Waals surface area contributed by atoms with Crippen LogP contribution in [0.2, 0.25) is 0 Å². The second-order valence-electron chi connectivity index (χ2n) is 11.5. The van der Waals surface area contributed by atoms with Gasteiger partial charge in [-0.15, -0.1) is 0 Å². The number of hydrogen-bond acceptors (Lipinski definition) is 3. The molecule has 0 N–H and O–H groups in total. The molecular weight excluding hydrogens is 558 g/mol. The molecule has 0 spiro atoms. The first kappa shape index (κ1) is 27.6. The van der Waals surface area contributed by atoms with E-state index in [4.69, 9.17) is 15.0 Å². The average molecular weight is 590 g/mol. The van der Waals surface area contributed by atoms with Crippen molar-refractivity contribution in [1.82, 2.24) is 15.0 Å². The molecule has 0 aliphatic carbocycles. The molecule has 0 radical (unpaired) electrons. The largest absolute Gasteiger partial charge is 0.208 e. The van der Waals surface area contributed by atoms with Crippen molar-refractivity contribution in [3.8, 4) is 56.4 Å². The molecule has 1 aromatic heterocycles. The lowest BCUT2D eigenvalue weighted by atomic mass is 9.87. The third-order valence-corrected chi connectivity index (χ3v) is 8.73. The standard InChI is InChI=1S/C43H31N3/c1-2-29-21-23-30(24-22-29)31-25-27-32(28-26-31)39-37-19-11-9-17-35(37)36-18-10-12-20-38(36)40(39)43-45-41(33-13-5-3-6-14-33)44-42(46-43)34-15-7-4-8-16-34/h3-28H,2H2,1H3. The Kier molecular flexibility index (Phi) is 7.12. The molecule has 8 aromatic rings. The van der Waals surface area contributed by atoms with E-state index in [0.717, 1.165) is 39.6 Å². The van der Waals surface area contributed by atoms with Crippen LogP contribution < -0.4 is 0 Å². The summed E-state index contributed by atoms with van der Waals surface area (Å²) in [7, 11) is 0. The summed E-state index contributed by atoms with van der Waals surface area (Å²) < 4.78 is 0. The van der Waals surface area contributed by atoms with Gasteiger partial charge in [0.1, 0.15) is 0 Å². The Morgan fingerprint density at radius 1 is 0.326 bits per heavy atom. The SMILES string of the molecule is CCc1ccc(-c2ccc(-c3c(-c4nc(-c5ccccc5)nc(-c5ccccc5)n4)c4ccccc4c4ccccc34)cc2)cc1. The van der Waals surface area contributed by atoms with Crippen molar-refractivity contribution in [2.45, 2.75) is 13.3 Å². The Labute approximate surface area is 268 Å². The highest BCUT2D eigenvalue weighted by molar-refractivity contribution is 6.21. The number of nitrogens with zero attached hydrogens (tertiary/aromatic N) is 3. The molecule has 1 heterocycles. The Balaban J connectivity index is 1.42. The van der Waals surface area contributed by atoms with Crippen molar-refractivity contribution in [2.24, 2.45) is 0 Å². The summed E-state index contributed by atoms with van der Waals surface area (Å²) in [5, 5.41) is 4.66. The maximum Gasteiger partial charge on any atom is 0.165 e. The van der Waals surface area contributed by atoms with Gasteiger partial charge >= 0.3 is 0 Å². The second kappa shape index (κ2) is 11.9. The number of hydrogen-bond donors (Lipinski definition) is 0.